The molecule has 2 rings (SSSR count). The topological polar surface area (TPSA) is 58.5 Å². The maximum atomic E-state index is 8.75. The normalized spacial score (nSPS) is 20.6. The summed E-state index contributed by atoms with van der Waals surface area (Å²) in [5, 5.41) is 0. The van der Waals surface area contributed by atoms with Crippen molar-refractivity contribution in [2.45, 2.75) is 18.9 Å². The van der Waals surface area contributed by atoms with E-state index in [1.54, 1.807) is 6.20 Å². The number of anilines is 1. The number of hydrogen-bond donors (Lipinski definition) is 2. The van der Waals surface area contributed by atoms with Gasteiger partial charge in [0.05, 0.1) is 6.10 Å². The van der Waals surface area contributed by atoms with E-state index in [2.05, 4.69) is 27.5 Å². The van der Waals surface area contributed by atoms with E-state index >= 15 is 0 Å². The van der Waals surface area contributed by atoms with E-state index in [4.69, 9.17) is 9.42 Å². The van der Waals surface area contributed by atoms with Crippen molar-refractivity contribution in [3.05, 3.63) is 18.1 Å². The fourth-order valence-electron chi connectivity index (χ4n) is 1.89. The molecule has 1 aromatic heterocycles. The van der Waals surface area contributed by atoms with Gasteiger partial charge in [-0.1, -0.05) is 0 Å². The highest BCUT2D eigenvalue weighted by atomic mass is 32.1. The lowest BCUT2D eigenvalue weighted by atomic mass is 10.3. The van der Waals surface area contributed by atoms with Crippen molar-refractivity contribution in [1.29, 1.82) is 0 Å². The molecule has 0 amide bonds. The van der Waals surface area contributed by atoms with Crippen LogP contribution in [-0.2, 0) is 10.9 Å². The lowest BCUT2D eigenvalue weighted by Crippen LogP contribution is -2.23. The third kappa shape index (κ3) is 3.52. The van der Waals surface area contributed by atoms with Crippen LogP contribution in [-0.4, -0.2) is 39.8 Å². The molecule has 1 aliphatic rings. The molecule has 94 valence electrons. The van der Waals surface area contributed by atoms with E-state index in [0.717, 1.165) is 43.3 Å². The second-order valence-corrected chi connectivity index (χ2v) is 4.74. The molecule has 7 heteroatoms. The molecule has 0 aliphatic carbocycles. The lowest BCUT2D eigenvalue weighted by Gasteiger charge is -2.17. The highest BCUT2D eigenvalue weighted by molar-refractivity contribution is 7.80. The van der Waals surface area contributed by atoms with E-state index in [9.17, 15) is 0 Å². The minimum absolute atomic E-state index is 0.113. The van der Waals surface area contributed by atoms with Crippen LogP contribution in [0.1, 0.15) is 12.2 Å². The number of aryl methyl sites for hydroxylation is 1. The molecule has 0 radical (unpaired) electrons. The maximum absolute atomic E-state index is 8.75. The zero-order valence-corrected chi connectivity index (χ0v) is 11.3. The first-order valence-corrected chi connectivity index (χ1v) is 7.04. The van der Waals surface area contributed by atoms with Gasteiger partial charge in [0.1, 0.15) is 11.6 Å². The summed E-state index contributed by atoms with van der Waals surface area (Å²) < 4.78 is 5.22. The summed E-state index contributed by atoms with van der Waals surface area (Å²) in [6.45, 7) is 1.69. The van der Waals surface area contributed by atoms with E-state index in [-0.39, 0.29) is 6.10 Å². The number of thiol groups is 1. The summed E-state index contributed by atoms with van der Waals surface area (Å²) in [4.78, 5) is 19.6. The van der Waals surface area contributed by atoms with Gasteiger partial charge in [0.15, 0.2) is 9.03 Å². The summed E-state index contributed by atoms with van der Waals surface area (Å²) in [6.07, 6.45) is 3.60. The molecule has 1 fully saturated rings. The summed E-state index contributed by atoms with van der Waals surface area (Å²) >= 11 is 4.18. The van der Waals surface area contributed by atoms with Crippen molar-refractivity contribution in [3.63, 3.8) is 0 Å². The zero-order valence-electron chi connectivity index (χ0n) is 9.41. The van der Waals surface area contributed by atoms with Crippen LogP contribution in [0.2, 0.25) is 0 Å². The summed E-state index contributed by atoms with van der Waals surface area (Å²) in [5.74, 6) is 2.51. The van der Waals surface area contributed by atoms with Crippen LogP contribution in [0.15, 0.2) is 12.3 Å². The van der Waals surface area contributed by atoms with E-state index in [0.29, 0.717) is 0 Å². The van der Waals surface area contributed by atoms with Crippen LogP contribution in [0.4, 0.5) is 5.82 Å². The minimum atomic E-state index is -0.433. The average Bonchev–Trinajstić information content (AvgIpc) is 2.79. The van der Waals surface area contributed by atoms with Gasteiger partial charge in [-0.15, -0.1) is 0 Å². The molecule has 17 heavy (non-hydrogen) atoms. The lowest BCUT2D eigenvalue weighted by molar-refractivity contribution is 0.236. The SMILES string of the molecule is OPOC1CCN(c2ccnc(CCS)n2)C1. The predicted octanol–water partition coefficient (Wildman–Crippen LogP) is 1.04. The van der Waals surface area contributed by atoms with Crippen molar-refractivity contribution in [2.24, 2.45) is 0 Å². The molecule has 0 aromatic carbocycles. The Morgan fingerprint density at radius 3 is 3.29 bits per heavy atom. The molecule has 0 bridgehead atoms. The van der Waals surface area contributed by atoms with Crippen LogP contribution in [0.3, 0.4) is 0 Å². The number of rotatable bonds is 5. The highest BCUT2D eigenvalue weighted by Gasteiger charge is 2.24. The van der Waals surface area contributed by atoms with Crippen molar-refractivity contribution >= 4 is 27.5 Å². The first-order chi connectivity index (χ1) is 8.33. The molecule has 0 saturated carbocycles. The molecule has 1 N–H and O–H groups in total. The van der Waals surface area contributed by atoms with Crippen LogP contribution in [0.25, 0.3) is 0 Å². The largest absolute Gasteiger partial charge is 0.354 e. The smallest absolute Gasteiger partial charge is 0.152 e. The molecule has 1 saturated heterocycles. The standard InChI is InChI=1S/C10H16N3O2PS/c14-16-15-8-2-5-13(7-8)10-1-4-11-9(12-10)3-6-17/h1,4,8,14,16-17H,2-3,5-7H2. The van der Waals surface area contributed by atoms with Gasteiger partial charge in [0, 0.05) is 25.7 Å². The molecule has 0 spiro atoms. The molecule has 5 nitrogen and oxygen atoms in total. The quantitative estimate of drug-likeness (QED) is 0.620. The highest BCUT2D eigenvalue weighted by Crippen LogP contribution is 2.23. The summed E-state index contributed by atoms with van der Waals surface area (Å²) in [5.41, 5.74) is 0. The Bertz CT molecular complexity index is 369. The Kier molecular flexibility index (Phi) is 4.98. The molecule has 1 aromatic rings. The second-order valence-electron chi connectivity index (χ2n) is 3.87. The first-order valence-electron chi connectivity index (χ1n) is 5.56. The van der Waals surface area contributed by atoms with Gasteiger partial charge in [0.2, 0.25) is 0 Å². The minimum Gasteiger partial charge on any atom is -0.354 e. The van der Waals surface area contributed by atoms with E-state index in [1.165, 1.54) is 0 Å². The first kappa shape index (κ1) is 13.0. The monoisotopic (exact) mass is 273 g/mol. The Morgan fingerprint density at radius 2 is 2.53 bits per heavy atom. The van der Waals surface area contributed by atoms with Crippen LogP contribution >= 0.6 is 21.7 Å². The van der Waals surface area contributed by atoms with Gasteiger partial charge in [-0.3, -0.25) is 0 Å². The van der Waals surface area contributed by atoms with Crippen LogP contribution in [0.5, 0.6) is 0 Å². The number of nitrogens with zero attached hydrogens (tertiary/aromatic N) is 3. The van der Waals surface area contributed by atoms with Crippen molar-refractivity contribution in [2.75, 3.05) is 23.7 Å². The molecule has 2 heterocycles. The van der Waals surface area contributed by atoms with Gasteiger partial charge in [-0.2, -0.15) is 12.6 Å². The van der Waals surface area contributed by atoms with Crippen LogP contribution in [0, 0.1) is 0 Å². The third-order valence-corrected chi connectivity index (χ3v) is 3.38. The molecule has 2 unspecified atom stereocenters. The zero-order chi connectivity index (χ0) is 12.1. The number of aromatic nitrogens is 2. The van der Waals surface area contributed by atoms with Gasteiger partial charge in [-0.25, -0.2) is 9.97 Å². The van der Waals surface area contributed by atoms with E-state index in [1.807, 2.05) is 6.07 Å². The molecular weight excluding hydrogens is 257 g/mol. The van der Waals surface area contributed by atoms with Crippen LogP contribution < -0.4 is 4.90 Å². The Morgan fingerprint density at radius 1 is 1.65 bits per heavy atom. The van der Waals surface area contributed by atoms with Crippen molar-refractivity contribution in [1.82, 2.24) is 9.97 Å². The fraction of sp³-hybridized carbons (Fsp3) is 0.600. The fourth-order valence-corrected chi connectivity index (χ4v) is 2.43. The summed E-state index contributed by atoms with van der Waals surface area (Å²) in [6, 6.07) is 1.91. The summed E-state index contributed by atoms with van der Waals surface area (Å²) in [7, 11) is -0.433. The second kappa shape index (κ2) is 6.50. The van der Waals surface area contributed by atoms with E-state index < -0.39 is 9.03 Å². The van der Waals surface area contributed by atoms with Gasteiger partial charge >= 0.3 is 0 Å². The predicted molar refractivity (Wildman–Crippen MR) is 71.8 cm³/mol. The molecule has 1 aliphatic heterocycles. The maximum Gasteiger partial charge on any atom is 0.152 e. The average molecular weight is 273 g/mol. The van der Waals surface area contributed by atoms with Gasteiger partial charge in [0.25, 0.3) is 0 Å². The molecule has 2 atom stereocenters. The van der Waals surface area contributed by atoms with Gasteiger partial charge in [-0.05, 0) is 18.2 Å². The Hall–Kier alpha value is -0.420. The third-order valence-electron chi connectivity index (χ3n) is 2.71. The van der Waals surface area contributed by atoms with Crippen molar-refractivity contribution in [3.8, 4) is 0 Å². The number of hydrogen-bond acceptors (Lipinski definition) is 6. The Balaban J connectivity index is 2.00. The molecular formula is C10H16N3O2PS. The van der Waals surface area contributed by atoms with Crippen molar-refractivity contribution < 1.29 is 9.42 Å². The van der Waals surface area contributed by atoms with Gasteiger partial charge < -0.3 is 14.3 Å². The Labute approximate surface area is 108 Å².